The van der Waals surface area contributed by atoms with Crippen molar-refractivity contribution < 1.29 is 72.4 Å². The van der Waals surface area contributed by atoms with Crippen molar-refractivity contribution in [3.63, 3.8) is 0 Å². The summed E-state index contributed by atoms with van der Waals surface area (Å²) in [5.41, 5.74) is 0. The molecule has 0 fully saturated rings. The van der Waals surface area contributed by atoms with Gasteiger partial charge in [0.25, 0.3) is 0 Å². The third-order valence-electron chi connectivity index (χ3n) is 0. The summed E-state index contributed by atoms with van der Waals surface area (Å²) < 4.78 is 16.8. The van der Waals surface area contributed by atoms with Gasteiger partial charge in [-0.1, -0.05) is 0 Å². The van der Waals surface area contributed by atoms with Crippen LogP contribution < -0.4 is 0 Å². The Labute approximate surface area is 70.7 Å². The first-order valence-corrected chi connectivity index (χ1v) is 3.39. The van der Waals surface area contributed by atoms with Crippen LogP contribution in [0.15, 0.2) is 0 Å². The van der Waals surface area contributed by atoms with Crippen molar-refractivity contribution in [2.75, 3.05) is 0 Å². The van der Waals surface area contributed by atoms with E-state index >= 15 is 0 Å². The fourth-order valence-electron chi connectivity index (χ4n) is 0. The summed E-state index contributed by atoms with van der Waals surface area (Å²) in [5, 5.41) is 0. The van der Waals surface area contributed by atoms with Gasteiger partial charge in [-0.2, -0.15) is 0 Å². The third kappa shape index (κ3) is 8.98. The van der Waals surface area contributed by atoms with Gasteiger partial charge in [0.15, 0.2) is 0 Å². The predicted molar refractivity (Wildman–Crippen MR) is 1.37 cm³/mol. The van der Waals surface area contributed by atoms with E-state index in [4.69, 9.17) is 3.17 Å². The van der Waals surface area contributed by atoms with Gasteiger partial charge < -0.3 is 0 Å². The zero-order valence-corrected chi connectivity index (χ0v) is 9.12. The SMILES string of the molecule is [O]=[Ce].[O]=[U]. The van der Waals surface area contributed by atoms with E-state index in [9.17, 15) is 0 Å². The molecule has 0 radical (unpaired) electrons. The van der Waals surface area contributed by atoms with Crippen molar-refractivity contribution >= 4 is 0 Å². The second-order valence-corrected chi connectivity index (χ2v) is 0. The average molecular weight is 410 g/mol. The maximum absolute atomic E-state index is 8.42. The Bertz CT molecular complexity index is 8.00. The topological polar surface area (TPSA) is 34.1 Å². The van der Waals surface area contributed by atoms with Crippen LogP contribution in [0.5, 0.6) is 0 Å². The Morgan fingerprint density at radius 1 is 1.25 bits per heavy atom. The van der Waals surface area contributed by atoms with Crippen molar-refractivity contribution in [3.05, 3.63) is 0 Å². The van der Waals surface area contributed by atoms with E-state index in [-0.39, 0.29) is 69.2 Å². The summed E-state index contributed by atoms with van der Waals surface area (Å²) >= 11 is -0.0363. The van der Waals surface area contributed by atoms with Crippen LogP contribution in [0.1, 0.15) is 0 Å². The van der Waals surface area contributed by atoms with Crippen LogP contribution in [0.2, 0.25) is 0 Å². The average Bonchev–Trinajstić information content (AvgIpc) is 1.50. The summed E-state index contributed by atoms with van der Waals surface area (Å²) in [6.45, 7) is 0. The summed E-state index contributed by atoms with van der Waals surface area (Å²) in [6.07, 6.45) is 0. The third-order valence-corrected chi connectivity index (χ3v) is 0. The fourth-order valence-corrected chi connectivity index (χ4v) is 0. The van der Waals surface area contributed by atoms with Crippen molar-refractivity contribution in [2.45, 2.75) is 0 Å². The molecule has 4 heavy (non-hydrogen) atoms. The van der Waals surface area contributed by atoms with Crippen LogP contribution in [0.25, 0.3) is 0 Å². The van der Waals surface area contributed by atoms with Gasteiger partial charge in [0, 0.05) is 0 Å². The standard InChI is InChI=1S/Ce.2O.U. The first-order chi connectivity index (χ1) is 2.00. The van der Waals surface area contributed by atoms with Crippen LogP contribution in [0, 0.1) is 69.2 Å². The zero-order valence-electron chi connectivity index (χ0n) is 1.82. The first-order valence-electron chi connectivity index (χ1n) is 0.408. The van der Waals surface area contributed by atoms with E-state index in [0.717, 1.165) is 0 Å². The van der Waals surface area contributed by atoms with Crippen LogP contribution in [-0.4, -0.2) is 0 Å². The van der Waals surface area contributed by atoms with Crippen LogP contribution in [-0.2, 0) is 3.17 Å². The van der Waals surface area contributed by atoms with Gasteiger partial charge in [0.1, 0.15) is 0 Å². The Balaban J connectivity index is 0. The van der Waals surface area contributed by atoms with Gasteiger partial charge in [0.2, 0.25) is 0 Å². The molecule has 4 heteroatoms. The summed E-state index contributed by atoms with van der Waals surface area (Å²) in [6, 6.07) is 0. The summed E-state index contributed by atoms with van der Waals surface area (Å²) in [4.78, 5) is 0. The quantitative estimate of drug-likeness (QED) is 0.553. The van der Waals surface area contributed by atoms with E-state index in [1.165, 1.54) is 0 Å². The molecular formula is CeO2U. The second kappa shape index (κ2) is 19.8. The zero-order chi connectivity index (χ0) is 4.00. The molecule has 0 spiro atoms. The molecule has 0 aliphatic rings. The predicted octanol–water partition coefficient (Wildman–Crippen LogP) is -0.238. The number of hydrogen-bond donors (Lipinski definition) is 0. The molecule has 0 atom stereocenters. The molecule has 0 aliphatic heterocycles. The maximum atomic E-state index is 8.42. The monoisotopic (exact) mass is 410 g/mol. The summed E-state index contributed by atoms with van der Waals surface area (Å²) in [5.74, 6) is 0. The van der Waals surface area contributed by atoms with Gasteiger partial charge in [-0.25, -0.2) is 0 Å². The van der Waals surface area contributed by atoms with Gasteiger partial charge in [-0.05, 0) is 0 Å². The van der Waals surface area contributed by atoms with Gasteiger partial charge in [-0.3, -0.25) is 0 Å². The molecule has 20 valence electrons. The van der Waals surface area contributed by atoms with Crippen molar-refractivity contribution in [1.29, 1.82) is 0 Å². The molecule has 0 saturated heterocycles. The summed E-state index contributed by atoms with van der Waals surface area (Å²) in [7, 11) is 0. The molecule has 0 aromatic carbocycles. The minimum atomic E-state index is -0.0918. The Kier molecular flexibility index (Phi) is 46.6. The Morgan fingerprint density at radius 2 is 1.25 bits per heavy atom. The molecular weight excluding hydrogens is 410 g/mol. The molecule has 0 amide bonds. The van der Waals surface area contributed by atoms with Crippen LogP contribution >= 0.6 is 0 Å². The fraction of sp³-hybridized carbons (Fsp3) is 0. The van der Waals surface area contributed by atoms with Crippen molar-refractivity contribution in [1.82, 2.24) is 0 Å². The van der Waals surface area contributed by atoms with E-state index in [1.807, 2.05) is 0 Å². The van der Waals surface area contributed by atoms with Crippen LogP contribution in [0.4, 0.5) is 0 Å². The molecule has 0 aromatic rings. The first kappa shape index (κ1) is 9.39. The van der Waals surface area contributed by atoms with Crippen molar-refractivity contribution in [3.8, 4) is 0 Å². The molecule has 0 N–H and O–H groups in total. The van der Waals surface area contributed by atoms with Gasteiger partial charge >= 0.3 is 72.4 Å². The number of rotatable bonds is 0. The molecule has 0 rings (SSSR count). The molecule has 0 bridgehead atoms. The van der Waals surface area contributed by atoms with Crippen LogP contribution in [0.3, 0.4) is 0 Å². The van der Waals surface area contributed by atoms with E-state index in [0.29, 0.717) is 0 Å². The Hall–Kier alpha value is 2.03. The Morgan fingerprint density at radius 3 is 1.25 bits per heavy atom. The molecule has 0 aromatic heterocycles. The van der Waals surface area contributed by atoms with E-state index in [2.05, 4.69) is 0 Å². The molecule has 0 heterocycles. The van der Waals surface area contributed by atoms with Gasteiger partial charge in [0.05, 0.1) is 0 Å². The van der Waals surface area contributed by atoms with E-state index < -0.39 is 0 Å². The number of hydrogen-bond acceptors (Lipinski definition) is 2. The van der Waals surface area contributed by atoms with Gasteiger partial charge in [-0.15, -0.1) is 0 Å². The molecule has 0 unspecified atom stereocenters. The molecule has 0 aliphatic carbocycles. The van der Waals surface area contributed by atoms with E-state index in [1.54, 1.807) is 0 Å². The molecule has 0 saturated carbocycles. The normalized spacial score (nSPS) is 2.25. The molecule has 2 nitrogen and oxygen atoms in total. The minimum absolute atomic E-state index is 0.0556. The van der Waals surface area contributed by atoms with Crippen molar-refractivity contribution in [2.24, 2.45) is 0 Å². The second-order valence-electron chi connectivity index (χ2n) is 0.